The predicted molar refractivity (Wildman–Crippen MR) is 134 cm³/mol. The first-order valence-electron chi connectivity index (χ1n) is 13.9. The zero-order valence-corrected chi connectivity index (χ0v) is 22.6. The zero-order chi connectivity index (χ0) is 25.1. The highest BCUT2D eigenvalue weighted by Crippen LogP contribution is 2.75. The van der Waals surface area contributed by atoms with E-state index in [0.717, 1.165) is 44.9 Å². The van der Waals surface area contributed by atoms with E-state index in [-0.39, 0.29) is 39.1 Å². The molecule has 0 amide bonds. The summed E-state index contributed by atoms with van der Waals surface area (Å²) in [5, 5.41) is 33.1. The van der Waals surface area contributed by atoms with Crippen LogP contribution in [-0.2, 0) is 4.79 Å². The zero-order valence-electron chi connectivity index (χ0n) is 22.6. The lowest BCUT2D eigenvalue weighted by Crippen LogP contribution is -2.67. The van der Waals surface area contributed by atoms with E-state index < -0.39 is 17.5 Å². The molecule has 5 aliphatic rings. The highest BCUT2D eigenvalue weighted by molar-refractivity contribution is 5.77. The summed E-state index contributed by atoms with van der Waals surface area (Å²) in [7, 11) is 0. The Morgan fingerprint density at radius 2 is 1.53 bits per heavy atom. The molecule has 5 rings (SSSR count). The standard InChI is InChI=1S/C30H48O4/c1-25(2)14-15-30(24(33)34)19(16-25)18-8-9-21-27(5)12-11-22(31)26(3,4)20(27)10-13-28(21,6)29(18,7)17-23(30)32/h8,19-23,31-32H,9-17H2,1-7H3,(H,33,34)/t19?,20?,21?,22?,23?,27-,28-,29-,30+/m0/s1. The normalized spacial score (nSPS) is 53.4. The Morgan fingerprint density at radius 3 is 2.18 bits per heavy atom. The smallest absolute Gasteiger partial charge is 0.312 e. The molecule has 4 heteroatoms. The van der Waals surface area contributed by atoms with Crippen LogP contribution in [0.5, 0.6) is 0 Å². The molecular formula is C30H48O4. The quantitative estimate of drug-likeness (QED) is 0.397. The lowest BCUT2D eigenvalue weighted by Gasteiger charge is -2.71. The molecule has 0 radical (unpaired) electrons. The van der Waals surface area contributed by atoms with Crippen molar-refractivity contribution in [2.45, 2.75) is 118 Å². The lowest BCUT2D eigenvalue weighted by atomic mass is 9.33. The number of allylic oxidation sites excluding steroid dienone is 2. The summed E-state index contributed by atoms with van der Waals surface area (Å²) in [6, 6.07) is 0. The van der Waals surface area contributed by atoms with Crippen molar-refractivity contribution in [3.05, 3.63) is 11.6 Å². The van der Waals surface area contributed by atoms with Gasteiger partial charge in [-0.25, -0.2) is 0 Å². The number of aliphatic hydroxyl groups is 2. The van der Waals surface area contributed by atoms with Gasteiger partial charge in [-0.15, -0.1) is 0 Å². The molecule has 34 heavy (non-hydrogen) atoms. The maximum Gasteiger partial charge on any atom is 0.312 e. The molecule has 5 unspecified atom stereocenters. The van der Waals surface area contributed by atoms with E-state index in [4.69, 9.17) is 0 Å². The van der Waals surface area contributed by atoms with Crippen LogP contribution in [0.3, 0.4) is 0 Å². The molecular weight excluding hydrogens is 424 g/mol. The van der Waals surface area contributed by atoms with Gasteiger partial charge < -0.3 is 15.3 Å². The molecule has 0 aromatic carbocycles. The number of rotatable bonds is 1. The molecule has 3 N–H and O–H groups in total. The number of carbonyl (C=O) groups is 1. The molecule has 4 fully saturated rings. The van der Waals surface area contributed by atoms with Gasteiger partial charge >= 0.3 is 5.97 Å². The second-order valence-electron chi connectivity index (χ2n) is 15.2. The van der Waals surface area contributed by atoms with E-state index in [1.807, 2.05) is 0 Å². The Hall–Kier alpha value is -0.870. The van der Waals surface area contributed by atoms with Gasteiger partial charge in [0.2, 0.25) is 0 Å². The van der Waals surface area contributed by atoms with E-state index in [1.165, 1.54) is 5.57 Å². The third-order valence-corrected chi connectivity index (χ3v) is 13.1. The molecule has 5 aliphatic carbocycles. The summed E-state index contributed by atoms with van der Waals surface area (Å²) in [5.41, 5.74) is 0.295. The minimum atomic E-state index is -1.04. The Labute approximate surface area is 206 Å². The third kappa shape index (κ3) is 2.82. The van der Waals surface area contributed by atoms with E-state index >= 15 is 0 Å². The first-order valence-corrected chi connectivity index (χ1v) is 13.9. The van der Waals surface area contributed by atoms with Crippen molar-refractivity contribution < 1.29 is 20.1 Å². The molecule has 9 atom stereocenters. The van der Waals surface area contributed by atoms with E-state index in [0.29, 0.717) is 24.7 Å². The van der Waals surface area contributed by atoms with Gasteiger partial charge in [0, 0.05) is 0 Å². The summed E-state index contributed by atoms with van der Waals surface area (Å²) in [4.78, 5) is 12.8. The number of hydrogen-bond acceptors (Lipinski definition) is 3. The van der Waals surface area contributed by atoms with Crippen molar-refractivity contribution in [1.82, 2.24) is 0 Å². The van der Waals surface area contributed by atoms with Crippen LogP contribution in [0, 0.1) is 50.2 Å². The van der Waals surface area contributed by atoms with Crippen molar-refractivity contribution in [3.63, 3.8) is 0 Å². The van der Waals surface area contributed by atoms with Crippen LogP contribution in [0.25, 0.3) is 0 Å². The monoisotopic (exact) mass is 472 g/mol. The second-order valence-corrected chi connectivity index (χ2v) is 15.2. The van der Waals surface area contributed by atoms with Crippen LogP contribution in [0.2, 0.25) is 0 Å². The van der Waals surface area contributed by atoms with Crippen molar-refractivity contribution in [2.24, 2.45) is 50.2 Å². The predicted octanol–water partition coefficient (Wildman–Crippen LogP) is 6.20. The highest BCUT2D eigenvalue weighted by atomic mass is 16.4. The number of carboxylic acids is 1. The molecule has 192 valence electrons. The Balaban J connectivity index is 1.63. The topological polar surface area (TPSA) is 77.8 Å². The second kappa shape index (κ2) is 7.12. The van der Waals surface area contributed by atoms with Crippen LogP contribution in [0.4, 0.5) is 0 Å². The number of fused-ring (bicyclic) bond motifs is 7. The minimum absolute atomic E-state index is 0.0218. The Bertz CT molecular complexity index is 919. The number of aliphatic carboxylic acids is 1. The molecule has 0 saturated heterocycles. The first-order chi connectivity index (χ1) is 15.6. The molecule has 0 spiro atoms. The number of hydrogen-bond donors (Lipinski definition) is 3. The summed E-state index contributed by atoms with van der Waals surface area (Å²) in [6.07, 6.45) is 9.35. The first kappa shape index (κ1) is 24.8. The fourth-order valence-corrected chi connectivity index (χ4v) is 10.7. The third-order valence-electron chi connectivity index (χ3n) is 13.1. The van der Waals surface area contributed by atoms with Crippen molar-refractivity contribution in [3.8, 4) is 0 Å². The van der Waals surface area contributed by atoms with Crippen LogP contribution in [-0.4, -0.2) is 33.5 Å². The van der Waals surface area contributed by atoms with Gasteiger partial charge in [0.15, 0.2) is 0 Å². The van der Waals surface area contributed by atoms with Gasteiger partial charge in [0.25, 0.3) is 0 Å². The van der Waals surface area contributed by atoms with Gasteiger partial charge in [0.1, 0.15) is 5.41 Å². The molecule has 0 heterocycles. The average Bonchev–Trinajstić information content (AvgIpc) is 2.71. The van der Waals surface area contributed by atoms with E-state index in [2.05, 4.69) is 54.5 Å². The van der Waals surface area contributed by atoms with Gasteiger partial charge in [-0.3, -0.25) is 4.79 Å². The molecule has 0 aromatic rings. The van der Waals surface area contributed by atoms with Crippen LogP contribution < -0.4 is 0 Å². The van der Waals surface area contributed by atoms with Gasteiger partial charge in [-0.1, -0.05) is 60.1 Å². The summed E-state index contributed by atoms with van der Waals surface area (Å²) in [6.45, 7) is 16.4. The van der Waals surface area contributed by atoms with Crippen LogP contribution in [0.15, 0.2) is 11.6 Å². The van der Waals surface area contributed by atoms with E-state index in [1.54, 1.807) is 0 Å². The fourth-order valence-electron chi connectivity index (χ4n) is 10.7. The van der Waals surface area contributed by atoms with Crippen molar-refractivity contribution >= 4 is 5.97 Å². The van der Waals surface area contributed by atoms with Gasteiger partial charge in [0.05, 0.1) is 12.2 Å². The summed E-state index contributed by atoms with van der Waals surface area (Å²) < 4.78 is 0. The lowest BCUT2D eigenvalue weighted by molar-refractivity contribution is -0.218. The molecule has 0 aromatic heterocycles. The SMILES string of the molecule is CC1(C)CC[C@]2(C(=O)O)C(O)C[C@@]3(C)C(=CCC4[C@@]5(C)CCC(O)C(C)(C)C5CC[C@@]43C)C2C1. The summed E-state index contributed by atoms with van der Waals surface area (Å²) >= 11 is 0. The van der Waals surface area contributed by atoms with Gasteiger partial charge in [-0.2, -0.15) is 0 Å². The van der Waals surface area contributed by atoms with Gasteiger partial charge in [-0.05, 0) is 103 Å². The maximum atomic E-state index is 12.8. The average molecular weight is 473 g/mol. The molecule has 4 saturated carbocycles. The number of aliphatic hydroxyl groups excluding tert-OH is 2. The fraction of sp³-hybridized carbons (Fsp3) is 0.900. The van der Waals surface area contributed by atoms with E-state index in [9.17, 15) is 20.1 Å². The van der Waals surface area contributed by atoms with Crippen molar-refractivity contribution in [1.29, 1.82) is 0 Å². The Morgan fingerprint density at radius 1 is 0.853 bits per heavy atom. The number of carboxylic acid groups (broad SMARTS) is 1. The van der Waals surface area contributed by atoms with Crippen LogP contribution >= 0.6 is 0 Å². The molecule has 4 nitrogen and oxygen atoms in total. The van der Waals surface area contributed by atoms with Crippen molar-refractivity contribution in [2.75, 3.05) is 0 Å². The molecule has 0 bridgehead atoms. The molecule has 0 aliphatic heterocycles. The minimum Gasteiger partial charge on any atom is -0.481 e. The Kier molecular flexibility index (Phi) is 5.20. The highest BCUT2D eigenvalue weighted by Gasteiger charge is 2.71. The summed E-state index contributed by atoms with van der Waals surface area (Å²) in [5.74, 6) is 0.0888. The maximum absolute atomic E-state index is 12.8. The largest absolute Gasteiger partial charge is 0.481 e. The van der Waals surface area contributed by atoms with Crippen LogP contribution in [0.1, 0.15) is 106 Å².